The molecule has 4 aromatic rings. The lowest BCUT2D eigenvalue weighted by molar-refractivity contribution is 0.0964. The summed E-state index contributed by atoms with van der Waals surface area (Å²) in [6.45, 7) is 4.69. The lowest BCUT2D eigenvalue weighted by Crippen LogP contribution is -2.20. The van der Waals surface area contributed by atoms with Crippen LogP contribution >= 0.6 is 0 Å². The molecule has 0 fully saturated rings. The predicted molar refractivity (Wildman–Crippen MR) is 126 cm³/mol. The highest BCUT2D eigenvalue weighted by molar-refractivity contribution is 6.06. The highest BCUT2D eigenvalue weighted by atomic mass is 19.1. The lowest BCUT2D eigenvalue weighted by atomic mass is 9.86. The van der Waals surface area contributed by atoms with Crippen molar-refractivity contribution in [1.29, 1.82) is 0 Å². The Morgan fingerprint density at radius 3 is 2.59 bits per heavy atom. The van der Waals surface area contributed by atoms with E-state index in [1.807, 2.05) is 6.92 Å². The van der Waals surface area contributed by atoms with Gasteiger partial charge in [0.15, 0.2) is 0 Å². The molecule has 0 aliphatic carbocycles. The summed E-state index contributed by atoms with van der Waals surface area (Å²) in [5, 5.41) is 6.08. The monoisotopic (exact) mass is 462 g/mol. The molecule has 2 atom stereocenters. The lowest BCUT2D eigenvalue weighted by Gasteiger charge is -2.22. The standard InChI is InChI=1S/C25H24F2N6O/c1-14(11-31-22-10-20(32-13-33-22)16-4-7-21(27)30-12-16)15(2)17-5-6-19(26)23-18(25(34)28-3)8-9-29-24(17)23/h4-10,12-15H,11H2,1-3H3,(H,28,34)(H,31,32,33)/t14-,15?/m1/s1. The van der Waals surface area contributed by atoms with Crippen LogP contribution < -0.4 is 10.6 Å². The van der Waals surface area contributed by atoms with E-state index in [9.17, 15) is 13.6 Å². The molecule has 0 radical (unpaired) electrons. The third-order valence-electron chi connectivity index (χ3n) is 5.98. The third-order valence-corrected chi connectivity index (χ3v) is 5.98. The maximum atomic E-state index is 14.7. The maximum absolute atomic E-state index is 14.7. The van der Waals surface area contributed by atoms with Crippen molar-refractivity contribution in [2.75, 3.05) is 18.9 Å². The number of nitrogens with one attached hydrogen (secondary N) is 2. The van der Waals surface area contributed by atoms with Crippen LogP contribution in [0.3, 0.4) is 0 Å². The summed E-state index contributed by atoms with van der Waals surface area (Å²) in [7, 11) is 1.51. The van der Waals surface area contributed by atoms with Gasteiger partial charge in [0.1, 0.15) is 18.0 Å². The summed E-state index contributed by atoms with van der Waals surface area (Å²) in [5.41, 5.74) is 2.91. The summed E-state index contributed by atoms with van der Waals surface area (Å²) >= 11 is 0. The number of aromatic nitrogens is 4. The number of carbonyl (C=O) groups is 1. The molecule has 1 unspecified atom stereocenters. The summed E-state index contributed by atoms with van der Waals surface area (Å²) in [6, 6.07) is 9.30. The molecule has 2 N–H and O–H groups in total. The molecule has 0 saturated carbocycles. The fourth-order valence-electron chi connectivity index (χ4n) is 3.83. The first-order chi connectivity index (χ1) is 16.4. The first-order valence-electron chi connectivity index (χ1n) is 10.9. The van der Waals surface area contributed by atoms with Gasteiger partial charge in [-0.15, -0.1) is 0 Å². The van der Waals surface area contributed by atoms with Crippen LogP contribution in [0.25, 0.3) is 22.2 Å². The molecular formula is C25H24F2N6O. The van der Waals surface area contributed by atoms with Crippen molar-refractivity contribution in [3.8, 4) is 11.3 Å². The summed E-state index contributed by atoms with van der Waals surface area (Å²) in [5.74, 6) is -0.647. The van der Waals surface area contributed by atoms with Gasteiger partial charge in [0, 0.05) is 43.0 Å². The van der Waals surface area contributed by atoms with E-state index in [0.717, 1.165) is 5.56 Å². The summed E-state index contributed by atoms with van der Waals surface area (Å²) in [6.07, 6.45) is 4.39. The van der Waals surface area contributed by atoms with Crippen molar-refractivity contribution >= 4 is 22.6 Å². The largest absolute Gasteiger partial charge is 0.370 e. The van der Waals surface area contributed by atoms with Gasteiger partial charge in [-0.1, -0.05) is 19.9 Å². The highest BCUT2D eigenvalue weighted by Crippen LogP contribution is 2.32. The zero-order valence-corrected chi connectivity index (χ0v) is 19.0. The fraction of sp³-hybridized carbons (Fsp3) is 0.240. The van der Waals surface area contributed by atoms with Crippen molar-refractivity contribution in [1.82, 2.24) is 25.3 Å². The molecule has 3 aromatic heterocycles. The number of hydrogen-bond acceptors (Lipinski definition) is 6. The molecule has 7 nitrogen and oxygen atoms in total. The van der Waals surface area contributed by atoms with Crippen LogP contribution in [-0.4, -0.2) is 39.4 Å². The van der Waals surface area contributed by atoms with E-state index in [1.54, 1.807) is 18.2 Å². The third kappa shape index (κ3) is 4.68. The molecule has 1 amide bonds. The topological polar surface area (TPSA) is 92.7 Å². The number of pyridine rings is 2. The normalized spacial score (nSPS) is 12.9. The highest BCUT2D eigenvalue weighted by Gasteiger charge is 2.22. The van der Waals surface area contributed by atoms with Crippen molar-refractivity contribution in [3.63, 3.8) is 0 Å². The fourth-order valence-corrected chi connectivity index (χ4v) is 3.83. The molecule has 0 aliphatic heterocycles. The number of hydrogen-bond donors (Lipinski definition) is 2. The Kier molecular flexibility index (Phi) is 6.72. The van der Waals surface area contributed by atoms with E-state index in [2.05, 4.69) is 37.5 Å². The quantitative estimate of drug-likeness (QED) is 0.391. The van der Waals surface area contributed by atoms with Gasteiger partial charge in [0.05, 0.1) is 16.8 Å². The second kappa shape index (κ2) is 9.86. The average molecular weight is 463 g/mol. The molecular weight excluding hydrogens is 438 g/mol. The number of amides is 1. The Bertz CT molecular complexity index is 1330. The molecule has 0 spiro atoms. The first kappa shape index (κ1) is 23.2. The van der Waals surface area contributed by atoms with E-state index in [1.165, 1.54) is 44.0 Å². The molecule has 4 rings (SSSR count). The maximum Gasteiger partial charge on any atom is 0.251 e. The smallest absolute Gasteiger partial charge is 0.251 e. The Hall–Kier alpha value is -4.01. The molecule has 0 saturated heterocycles. The minimum atomic E-state index is -0.552. The Balaban J connectivity index is 1.54. The van der Waals surface area contributed by atoms with Gasteiger partial charge in [0.2, 0.25) is 5.95 Å². The van der Waals surface area contributed by atoms with Crippen LogP contribution in [0.4, 0.5) is 14.6 Å². The van der Waals surface area contributed by atoms with E-state index in [4.69, 9.17) is 0 Å². The Morgan fingerprint density at radius 1 is 1.03 bits per heavy atom. The van der Waals surface area contributed by atoms with Crippen LogP contribution in [0.2, 0.25) is 0 Å². The molecule has 1 aromatic carbocycles. The van der Waals surface area contributed by atoms with E-state index < -0.39 is 11.8 Å². The zero-order chi connectivity index (χ0) is 24.2. The van der Waals surface area contributed by atoms with Crippen molar-refractivity contribution in [3.05, 3.63) is 78.0 Å². The number of halogens is 2. The molecule has 3 heterocycles. The Labute approximate surface area is 195 Å². The van der Waals surface area contributed by atoms with Crippen LogP contribution in [0.1, 0.15) is 35.7 Å². The summed E-state index contributed by atoms with van der Waals surface area (Å²) in [4.78, 5) is 28.8. The molecule has 174 valence electrons. The van der Waals surface area contributed by atoms with Gasteiger partial charge in [-0.05, 0) is 41.7 Å². The first-order valence-corrected chi connectivity index (χ1v) is 10.9. The SMILES string of the molecule is CNC(=O)c1ccnc2c(C(C)[C@H](C)CNc3cc(-c4ccc(F)nc4)ncn3)ccc(F)c12. The van der Waals surface area contributed by atoms with Gasteiger partial charge in [0.25, 0.3) is 5.91 Å². The predicted octanol–water partition coefficient (Wildman–Crippen LogP) is 4.58. The summed E-state index contributed by atoms with van der Waals surface area (Å²) < 4.78 is 27.8. The number of nitrogens with zero attached hydrogens (tertiary/aromatic N) is 4. The van der Waals surface area contributed by atoms with Gasteiger partial charge in [-0.25, -0.2) is 19.3 Å². The van der Waals surface area contributed by atoms with Crippen molar-refractivity contribution < 1.29 is 13.6 Å². The molecule has 9 heteroatoms. The number of benzene rings is 1. The molecule has 34 heavy (non-hydrogen) atoms. The number of carbonyl (C=O) groups excluding carboxylic acids is 1. The molecule has 0 bridgehead atoms. The second-order valence-electron chi connectivity index (χ2n) is 8.10. The average Bonchev–Trinajstić information content (AvgIpc) is 2.87. The number of rotatable bonds is 7. The minimum Gasteiger partial charge on any atom is -0.370 e. The van der Waals surface area contributed by atoms with Crippen LogP contribution in [-0.2, 0) is 0 Å². The second-order valence-corrected chi connectivity index (χ2v) is 8.10. The van der Waals surface area contributed by atoms with Crippen LogP contribution in [0.15, 0.2) is 55.1 Å². The van der Waals surface area contributed by atoms with Crippen LogP contribution in [0, 0.1) is 17.7 Å². The van der Waals surface area contributed by atoms with Crippen molar-refractivity contribution in [2.45, 2.75) is 19.8 Å². The van der Waals surface area contributed by atoms with Gasteiger partial charge in [-0.3, -0.25) is 9.78 Å². The van der Waals surface area contributed by atoms with E-state index >= 15 is 0 Å². The van der Waals surface area contributed by atoms with E-state index in [-0.39, 0.29) is 28.7 Å². The van der Waals surface area contributed by atoms with Gasteiger partial charge < -0.3 is 10.6 Å². The number of anilines is 1. The van der Waals surface area contributed by atoms with Gasteiger partial charge >= 0.3 is 0 Å². The molecule has 0 aliphatic rings. The van der Waals surface area contributed by atoms with Gasteiger partial charge in [-0.2, -0.15) is 4.39 Å². The van der Waals surface area contributed by atoms with E-state index in [0.29, 0.717) is 29.1 Å². The van der Waals surface area contributed by atoms with Crippen LogP contribution in [0.5, 0.6) is 0 Å². The Morgan fingerprint density at radius 2 is 1.85 bits per heavy atom. The minimum absolute atomic E-state index is 0.00523. The zero-order valence-electron chi connectivity index (χ0n) is 19.0. The number of fused-ring (bicyclic) bond motifs is 1. The van der Waals surface area contributed by atoms with Crippen molar-refractivity contribution in [2.24, 2.45) is 5.92 Å².